The standard InChI is InChI=1S/C17H15N7O/c1-12-18-6-7-24(12)17-19-8-13(9-20-17)22-16(25)10-23-11-21-14-4-2-3-5-15(14)23/h2-9,11H,10H2,1H3,(H,22,25). The highest BCUT2D eigenvalue weighted by Crippen LogP contribution is 2.12. The molecule has 0 spiro atoms. The van der Waals surface area contributed by atoms with Crippen LogP contribution in [0, 0.1) is 6.92 Å². The molecule has 25 heavy (non-hydrogen) atoms. The summed E-state index contributed by atoms with van der Waals surface area (Å²) in [6, 6.07) is 7.68. The van der Waals surface area contributed by atoms with Gasteiger partial charge in [-0.25, -0.2) is 19.9 Å². The first-order valence-corrected chi connectivity index (χ1v) is 7.73. The molecule has 8 heteroatoms. The molecular formula is C17H15N7O. The van der Waals surface area contributed by atoms with Gasteiger partial charge in [0.1, 0.15) is 12.4 Å². The van der Waals surface area contributed by atoms with Crippen LogP contribution in [0.5, 0.6) is 0 Å². The molecule has 1 aromatic carbocycles. The molecule has 4 rings (SSSR count). The lowest BCUT2D eigenvalue weighted by atomic mass is 10.3. The van der Waals surface area contributed by atoms with Crippen LogP contribution in [0.4, 0.5) is 5.69 Å². The summed E-state index contributed by atoms with van der Waals surface area (Å²) in [4.78, 5) is 29.2. The SMILES string of the molecule is Cc1nccn1-c1ncc(NC(=O)Cn2cnc3ccccc32)cn1. The van der Waals surface area contributed by atoms with Crippen LogP contribution in [-0.2, 0) is 11.3 Å². The Morgan fingerprint density at radius 1 is 1.12 bits per heavy atom. The van der Waals surface area contributed by atoms with Crippen molar-refractivity contribution in [2.45, 2.75) is 13.5 Å². The van der Waals surface area contributed by atoms with E-state index in [1.807, 2.05) is 31.2 Å². The highest BCUT2D eigenvalue weighted by Gasteiger charge is 2.09. The minimum Gasteiger partial charge on any atom is -0.322 e. The van der Waals surface area contributed by atoms with Gasteiger partial charge in [-0.3, -0.25) is 9.36 Å². The molecule has 4 aromatic rings. The number of hydrogen-bond donors (Lipinski definition) is 1. The smallest absolute Gasteiger partial charge is 0.244 e. The topological polar surface area (TPSA) is 90.5 Å². The average Bonchev–Trinajstić information content (AvgIpc) is 3.22. The lowest BCUT2D eigenvalue weighted by molar-refractivity contribution is -0.116. The van der Waals surface area contributed by atoms with Crippen LogP contribution < -0.4 is 5.32 Å². The molecule has 8 nitrogen and oxygen atoms in total. The van der Waals surface area contributed by atoms with E-state index >= 15 is 0 Å². The molecule has 0 saturated heterocycles. The number of nitrogens with zero attached hydrogens (tertiary/aromatic N) is 6. The van der Waals surface area contributed by atoms with Gasteiger partial charge >= 0.3 is 0 Å². The quantitative estimate of drug-likeness (QED) is 0.616. The van der Waals surface area contributed by atoms with E-state index in [1.165, 1.54) is 0 Å². The number of fused-ring (bicyclic) bond motifs is 1. The van der Waals surface area contributed by atoms with E-state index in [1.54, 1.807) is 40.2 Å². The second-order valence-electron chi connectivity index (χ2n) is 5.53. The Bertz CT molecular complexity index is 1030. The van der Waals surface area contributed by atoms with Gasteiger partial charge in [0, 0.05) is 12.4 Å². The summed E-state index contributed by atoms with van der Waals surface area (Å²) < 4.78 is 3.57. The monoisotopic (exact) mass is 333 g/mol. The Hall–Kier alpha value is -3.55. The Labute approximate surface area is 143 Å². The van der Waals surface area contributed by atoms with Crippen molar-refractivity contribution >= 4 is 22.6 Å². The Balaban J connectivity index is 1.47. The number of benzene rings is 1. The molecule has 3 heterocycles. The maximum absolute atomic E-state index is 12.3. The Morgan fingerprint density at radius 2 is 1.92 bits per heavy atom. The number of rotatable bonds is 4. The molecule has 0 atom stereocenters. The minimum atomic E-state index is -0.168. The molecule has 0 saturated carbocycles. The first-order chi connectivity index (χ1) is 12.2. The van der Waals surface area contributed by atoms with E-state index in [0.29, 0.717) is 11.6 Å². The van der Waals surface area contributed by atoms with E-state index < -0.39 is 0 Å². The molecule has 0 bridgehead atoms. The predicted molar refractivity (Wildman–Crippen MR) is 92.3 cm³/mol. The zero-order valence-corrected chi connectivity index (χ0v) is 13.5. The molecule has 0 aliphatic heterocycles. The van der Waals surface area contributed by atoms with Crippen molar-refractivity contribution in [3.63, 3.8) is 0 Å². The van der Waals surface area contributed by atoms with Crippen LogP contribution in [0.15, 0.2) is 55.4 Å². The third kappa shape index (κ3) is 2.97. The van der Waals surface area contributed by atoms with E-state index in [-0.39, 0.29) is 12.5 Å². The largest absolute Gasteiger partial charge is 0.322 e. The number of imidazole rings is 2. The van der Waals surface area contributed by atoms with Crippen LogP contribution >= 0.6 is 0 Å². The fraction of sp³-hybridized carbons (Fsp3) is 0.118. The molecule has 0 fully saturated rings. The first-order valence-electron chi connectivity index (χ1n) is 7.73. The molecular weight excluding hydrogens is 318 g/mol. The average molecular weight is 333 g/mol. The maximum Gasteiger partial charge on any atom is 0.244 e. The predicted octanol–water partition coefficient (Wildman–Crippen LogP) is 1.96. The van der Waals surface area contributed by atoms with Gasteiger partial charge in [-0.05, 0) is 19.1 Å². The number of aromatic nitrogens is 6. The van der Waals surface area contributed by atoms with Gasteiger partial charge < -0.3 is 9.88 Å². The highest BCUT2D eigenvalue weighted by atomic mass is 16.1. The fourth-order valence-electron chi connectivity index (χ4n) is 2.59. The summed E-state index contributed by atoms with van der Waals surface area (Å²) in [5.74, 6) is 1.13. The molecule has 1 amide bonds. The molecule has 124 valence electrons. The van der Waals surface area contributed by atoms with E-state index in [2.05, 4.69) is 25.3 Å². The number of nitrogens with one attached hydrogen (secondary N) is 1. The lowest BCUT2D eigenvalue weighted by Crippen LogP contribution is -2.18. The van der Waals surface area contributed by atoms with Crippen LogP contribution in [0.1, 0.15) is 5.82 Å². The summed E-state index contributed by atoms with van der Waals surface area (Å²) in [6.45, 7) is 2.04. The Morgan fingerprint density at radius 3 is 2.68 bits per heavy atom. The third-order valence-corrected chi connectivity index (χ3v) is 3.80. The van der Waals surface area contributed by atoms with Gasteiger partial charge in [-0.2, -0.15) is 0 Å². The number of carbonyl (C=O) groups is 1. The zero-order valence-electron chi connectivity index (χ0n) is 13.5. The number of aryl methyl sites for hydroxylation is 1. The summed E-state index contributed by atoms with van der Waals surface area (Å²) in [5.41, 5.74) is 2.31. The minimum absolute atomic E-state index is 0.168. The van der Waals surface area contributed by atoms with Gasteiger partial charge in [-0.15, -0.1) is 0 Å². The Kier molecular flexibility index (Phi) is 3.70. The van der Waals surface area contributed by atoms with Crippen LogP contribution in [-0.4, -0.2) is 35.0 Å². The van der Waals surface area contributed by atoms with Crippen molar-refractivity contribution in [1.29, 1.82) is 0 Å². The molecule has 0 unspecified atom stereocenters. The molecule has 0 aliphatic carbocycles. The number of amides is 1. The normalized spacial score (nSPS) is 10.9. The van der Waals surface area contributed by atoms with Gasteiger partial charge in [-0.1, -0.05) is 12.1 Å². The summed E-state index contributed by atoms with van der Waals surface area (Å²) in [7, 11) is 0. The third-order valence-electron chi connectivity index (χ3n) is 3.80. The van der Waals surface area contributed by atoms with Crippen molar-refractivity contribution in [2.24, 2.45) is 0 Å². The summed E-state index contributed by atoms with van der Waals surface area (Å²) >= 11 is 0. The van der Waals surface area contributed by atoms with Crippen molar-refractivity contribution in [2.75, 3.05) is 5.32 Å². The van der Waals surface area contributed by atoms with Crippen molar-refractivity contribution in [3.8, 4) is 5.95 Å². The molecule has 0 radical (unpaired) electrons. The number of hydrogen-bond acceptors (Lipinski definition) is 5. The van der Waals surface area contributed by atoms with Crippen LogP contribution in [0.3, 0.4) is 0 Å². The van der Waals surface area contributed by atoms with E-state index in [4.69, 9.17) is 0 Å². The molecule has 1 N–H and O–H groups in total. The second-order valence-corrected chi connectivity index (χ2v) is 5.53. The second kappa shape index (κ2) is 6.16. The van der Waals surface area contributed by atoms with Crippen LogP contribution in [0.2, 0.25) is 0 Å². The van der Waals surface area contributed by atoms with Gasteiger partial charge in [0.15, 0.2) is 0 Å². The summed E-state index contributed by atoms with van der Waals surface area (Å²) in [6.07, 6.45) is 8.28. The van der Waals surface area contributed by atoms with Crippen molar-refractivity contribution in [3.05, 3.63) is 61.2 Å². The van der Waals surface area contributed by atoms with Crippen molar-refractivity contribution in [1.82, 2.24) is 29.1 Å². The highest BCUT2D eigenvalue weighted by molar-refractivity contribution is 5.91. The van der Waals surface area contributed by atoms with Gasteiger partial charge in [0.25, 0.3) is 0 Å². The van der Waals surface area contributed by atoms with Gasteiger partial charge in [0.05, 0.1) is 35.4 Å². The molecule has 3 aromatic heterocycles. The fourth-order valence-corrected chi connectivity index (χ4v) is 2.59. The van der Waals surface area contributed by atoms with Gasteiger partial charge in [0.2, 0.25) is 11.9 Å². The molecule has 0 aliphatic rings. The van der Waals surface area contributed by atoms with E-state index in [9.17, 15) is 4.79 Å². The van der Waals surface area contributed by atoms with Crippen LogP contribution in [0.25, 0.3) is 17.0 Å². The van der Waals surface area contributed by atoms with E-state index in [0.717, 1.165) is 16.9 Å². The first kappa shape index (κ1) is 15.0. The number of carbonyl (C=O) groups excluding carboxylic acids is 1. The number of anilines is 1. The van der Waals surface area contributed by atoms with Crippen molar-refractivity contribution < 1.29 is 4.79 Å². The lowest BCUT2D eigenvalue weighted by Gasteiger charge is -2.07. The summed E-state index contributed by atoms with van der Waals surface area (Å²) in [5, 5.41) is 2.79. The zero-order chi connectivity index (χ0) is 17.2. The maximum atomic E-state index is 12.3. The number of para-hydroxylation sites is 2.